The molecule has 0 atom stereocenters. The van der Waals surface area contributed by atoms with Crippen molar-refractivity contribution in [2.45, 2.75) is 24.9 Å². The first-order valence-electron chi connectivity index (χ1n) is 10.2. The molecule has 2 amide bonds. The topological polar surface area (TPSA) is 114 Å². The highest BCUT2D eigenvalue weighted by molar-refractivity contribution is 5.97. The molecule has 9 nitrogen and oxygen atoms in total. The number of benzene rings is 1. The Balaban J connectivity index is 1.71. The molecule has 1 aliphatic rings. The molecule has 176 valence electrons. The van der Waals surface area contributed by atoms with E-state index in [2.05, 4.69) is 25.9 Å². The van der Waals surface area contributed by atoms with Crippen LogP contribution in [-0.4, -0.2) is 54.6 Å². The highest BCUT2D eigenvalue weighted by atomic mass is 19.1. The first-order valence-corrected chi connectivity index (χ1v) is 10.2. The van der Waals surface area contributed by atoms with Gasteiger partial charge >= 0.3 is 6.01 Å². The van der Waals surface area contributed by atoms with Gasteiger partial charge in [-0.1, -0.05) is 6.07 Å². The average Bonchev–Trinajstić information content (AvgIpc) is 2.82. The molecule has 0 aliphatic carbocycles. The maximum Gasteiger partial charge on any atom is 0.319 e. The third-order valence-electron chi connectivity index (χ3n) is 5.26. The lowest BCUT2D eigenvalue weighted by molar-refractivity contribution is -0.133. The zero-order valence-electron chi connectivity index (χ0n) is 18.3. The van der Waals surface area contributed by atoms with Crippen LogP contribution in [0.5, 0.6) is 11.9 Å². The predicted molar refractivity (Wildman–Crippen MR) is 115 cm³/mol. The Morgan fingerprint density at radius 2 is 1.97 bits per heavy atom. The number of halogens is 2. The minimum Gasteiger partial charge on any atom is -0.480 e. The van der Waals surface area contributed by atoms with Crippen molar-refractivity contribution in [2.24, 2.45) is 0 Å². The summed E-state index contributed by atoms with van der Waals surface area (Å²) in [4.78, 5) is 33.7. The summed E-state index contributed by atoms with van der Waals surface area (Å²) in [7, 11) is 2.85. The van der Waals surface area contributed by atoms with E-state index in [1.807, 2.05) is 0 Å². The lowest BCUT2D eigenvalue weighted by Gasteiger charge is -2.36. The van der Waals surface area contributed by atoms with E-state index in [0.717, 1.165) is 12.1 Å². The van der Waals surface area contributed by atoms with Gasteiger partial charge in [0.15, 0.2) is 0 Å². The molecule has 1 fully saturated rings. The molecule has 1 aliphatic heterocycles. The van der Waals surface area contributed by atoms with Crippen molar-refractivity contribution in [3.8, 4) is 11.9 Å². The number of carbonyl (C=O) groups is 2. The van der Waals surface area contributed by atoms with Crippen molar-refractivity contribution in [3.63, 3.8) is 0 Å². The largest absolute Gasteiger partial charge is 0.480 e. The number of amides is 2. The zero-order valence-corrected chi connectivity index (χ0v) is 18.3. The van der Waals surface area contributed by atoms with Gasteiger partial charge in [-0.05, 0) is 38.1 Å². The minimum atomic E-state index is -1.18. The maximum atomic E-state index is 13.9. The van der Waals surface area contributed by atoms with Crippen molar-refractivity contribution in [2.75, 3.05) is 27.3 Å². The van der Waals surface area contributed by atoms with Gasteiger partial charge in [0, 0.05) is 30.4 Å². The first kappa shape index (κ1) is 24.1. The van der Waals surface area contributed by atoms with E-state index >= 15 is 0 Å². The van der Waals surface area contributed by atoms with Crippen LogP contribution in [0.15, 0.2) is 30.5 Å². The fourth-order valence-electron chi connectivity index (χ4n) is 3.45. The van der Waals surface area contributed by atoms with Crippen LogP contribution in [0.3, 0.4) is 0 Å². The average molecular weight is 461 g/mol. The molecule has 2 aromatic rings. The van der Waals surface area contributed by atoms with Crippen LogP contribution in [0, 0.1) is 11.6 Å². The molecular formula is C22H25F2N5O4. The summed E-state index contributed by atoms with van der Waals surface area (Å²) >= 11 is 0. The van der Waals surface area contributed by atoms with E-state index in [1.54, 1.807) is 0 Å². The molecule has 1 aromatic carbocycles. The second-order valence-electron chi connectivity index (χ2n) is 7.39. The van der Waals surface area contributed by atoms with Crippen molar-refractivity contribution in [1.29, 1.82) is 0 Å². The summed E-state index contributed by atoms with van der Waals surface area (Å²) < 4.78 is 37.1. The second-order valence-corrected chi connectivity index (χ2v) is 7.39. The summed E-state index contributed by atoms with van der Waals surface area (Å²) in [6.07, 6.45) is 4.86. The molecule has 2 heterocycles. The second kappa shape index (κ2) is 10.8. The molecular weight excluding hydrogens is 436 g/mol. The van der Waals surface area contributed by atoms with Gasteiger partial charge in [-0.25, -0.2) is 13.8 Å². The molecule has 11 heteroatoms. The number of methoxy groups -OCH3 is 2. The van der Waals surface area contributed by atoms with Gasteiger partial charge in [-0.2, -0.15) is 4.98 Å². The number of hydrogen-bond acceptors (Lipinski definition) is 7. The Hall–Kier alpha value is -3.60. The quantitative estimate of drug-likeness (QED) is 0.509. The molecule has 0 spiro atoms. The van der Waals surface area contributed by atoms with Crippen LogP contribution in [0.1, 0.15) is 24.0 Å². The van der Waals surface area contributed by atoms with Gasteiger partial charge < -0.3 is 25.4 Å². The van der Waals surface area contributed by atoms with Crippen LogP contribution in [0.4, 0.5) is 8.78 Å². The first-order chi connectivity index (χ1) is 15.9. The number of rotatable bonds is 8. The molecule has 1 aromatic heterocycles. The number of hydrogen-bond donors (Lipinski definition) is 3. The fraction of sp³-hybridized carbons (Fsp3) is 0.364. The Bertz CT molecular complexity index is 1040. The normalized spacial score (nSPS) is 15.2. The molecule has 0 bridgehead atoms. The molecule has 1 saturated heterocycles. The highest BCUT2D eigenvalue weighted by Gasteiger charge is 2.40. The maximum absolute atomic E-state index is 13.9. The zero-order chi connectivity index (χ0) is 23.8. The SMILES string of the molecule is COc1ncc(C=CC(=O)NC2(C(=O)NCc3ccc(F)cc3F)CCNCC2)c(OC)n1. The third-order valence-corrected chi connectivity index (χ3v) is 5.26. The third kappa shape index (κ3) is 6.01. The summed E-state index contributed by atoms with van der Waals surface area (Å²) in [5.41, 5.74) is -0.584. The van der Waals surface area contributed by atoms with Crippen LogP contribution in [0.25, 0.3) is 6.08 Å². The number of piperidine rings is 1. The Morgan fingerprint density at radius 1 is 1.21 bits per heavy atom. The van der Waals surface area contributed by atoms with Gasteiger partial charge in [0.2, 0.25) is 17.7 Å². The Kier molecular flexibility index (Phi) is 7.88. The number of aromatic nitrogens is 2. The van der Waals surface area contributed by atoms with Crippen LogP contribution >= 0.6 is 0 Å². The van der Waals surface area contributed by atoms with E-state index in [0.29, 0.717) is 31.5 Å². The van der Waals surface area contributed by atoms with E-state index < -0.39 is 29.0 Å². The Morgan fingerprint density at radius 3 is 2.64 bits per heavy atom. The lowest BCUT2D eigenvalue weighted by Crippen LogP contribution is -2.62. The van der Waals surface area contributed by atoms with Crippen LogP contribution in [-0.2, 0) is 16.1 Å². The van der Waals surface area contributed by atoms with Crippen molar-refractivity contribution >= 4 is 17.9 Å². The number of nitrogens with zero attached hydrogens (tertiary/aromatic N) is 2. The van der Waals surface area contributed by atoms with Gasteiger partial charge in [0.25, 0.3) is 0 Å². The van der Waals surface area contributed by atoms with Gasteiger partial charge in [0.1, 0.15) is 17.2 Å². The van der Waals surface area contributed by atoms with Crippen molar-refractivity contribution in [3.05, 3.63) is 53.2 Å². The van der Waals surface area contributed by atoms with Crippen LogP contribution < -0.4 is 25.4 Å². The summed E-state index contributed by atoms with van der Waals surface area (Å²) in [5, 5.41) is 8.59. The number of ether oxygens (including phenoxy) is 2. The molecule has 0 radical (unpaired) electrons. The summed E-state index contributed by atoms with van der Waals surface area (Å²) in [6.45, 7) is 0.900. The fourth-order valence-corrected chi connectivity index (χ4v) is 3.45. The van der Waals surface area contributed by atoms with E-state index in [1.165, 1.54) is 38.6 Å². The predicted octanol–water partition coefficient (Wildman–Crippen LogP) is 1.34. The minimum absolute atomic E-state index is 0.122. The molecule has 33 heavy (non-hydrogen) atoms. The van der Waals surface area contributed by atoms with E-state index in [4.69, 9.17) is 9.47 Å². The smallest absolute Gasteiger partial charge is 0.319 e. The van der Waals surface area contributed by atoms with Crippen LogP contribution in [0.2, 0.25) is 0 Å². The summed E-state index contributed by atoms with van der Waals surface area (Å²) in [5.74, 6) is -2.17. The monoisotopic (exact) mass is 461 g/mol. The Labute approximate surface area is 189 Å². The molecule has 0 unspecified atom stereocenters. The standard InChI is InChI=1S/C22H25F2N5O4/c1-32-19-15(13-27-21(28-19)33-2)4-6-18(30)29-22(7-9-25-10-8-22)20(31)26-12-14-3-5-16(23)11-17(14)24/h3-6,11,13,25H,7-10,12H2,1-2H3,(H,26,31)(H,29,30). The van der Waals surface area contributed by atoms with Gasteiger partial charge in [0.05, 0.1) is 19.8 Å². The van der Waals surface area contributed by atoms with E-state index in [9.17, 15) is 18.4 Å². The molecule has 3 N–H and O–H groups in total. The number of nitrogens with one attached hydrogen (secondary N) is 3. The van der Waals surface area contributed by atoms with Crippen molar-refractivity contribution in [1.82, 2.24) is 25.9 Å². The summed E-state index contributed by atoms with van der Waals surface area (Å²) in [6, 6.07) is 3.27. The van der Waals surface area contributed by atoms with Gasteiger partial charge in [-0.3, -0.25) is 9.59 Å². The molecule has 3 rings (SSSR count). The van der Waals surface area contributed by atoms with E-state index in [-0.39, 0.29) is 24.0 Å². The van der Waals surface area contributed by atoms with Crippen molar-refractivity contribution < 1.29 is 27.8 Å². The number of carbonyl (C=O) groups excluding carboxylic acids is 2. The highest BCUT2D eigenvalue weighted by Crippen LogP contribution is 2.21. The molecule has 0 saturated carbocycles. The lowest BCUT2D eigenvalue weighted by atomic mass is 9.87. The van der Waals surface area contributed by atoms with Gasteiger partial charge in [-0.15, -0.1) is 0 Å².